The van der Waals surface area contributed by atoms with E-state index in [1.54, 1.807) is 17.5 Å². The van der Waals surface area contributed by atoms with Crippen molar-refractivity contribution in [3.63, 3.8) is 0 Å². The number of nitrogens with zero attached hydrogens (tertiary/aromatic N) is 2. The Morgan fingerprint density at radius 3 is 2.66 bits per heavy atom. The van der Waals surface area contributed by atoms with Crippen LogP contribution in [0.2, 0.25) is 0 Å². The summed E-state index contributed by atoms with van der Waals surface area (Å²) in [5.41, 5.74) is -0.139. The zero-order chi connectivity index (χ0) is 21.5. The number of thiazole rings is 1. The normalized spacial score (nSPS) is 12.3. The van der Waals surface area contributed by atoms with E-state index >= 15 is 0 Å². The maximum Gasteiger partial charge on any atom is 0.263 e. The molecule has 1 aromatic carbocycles. The fourth-order valence-corrected chi connectivity index (χ4v) is 4.75. The van der Waals surface area contributed by atoms with Crippen LogP contribution < -0.4 is 9.46 Å². The minimum Gasteiger partial charge on any atom is -0.494 e. The molecule has 0 aliphatic rings. The molecule has 9 heteroatoms. The highest BCUT2D eigenvalue weighted by Gasteiger charge is 2.24. The summed E-state index contributed by atoms with van der Waals surface area (Å²) >= 11 is 1.21. The van der Waals surface area contributed by atoms with Gasteiger partial charge < -0.3 is 14.7 Å². The van der Waals surface area contributed by atoms with Gasteiger partial charge in [-0.1, -0.05) is 19.9 Å². The summed E-state index contributed by atoms with van der Waals surface area (Å²) in [7, 11) is 0.214. The summed E-state index contributed by atoms with van der Waals surface area (Å²) in [6.45, 7) is 5.27. The van der Waals surface area contributed by atoms with E-state index in [1.807, 2.05) is 27.9 Å². The van der Waals surface area contributed by atoms with Crippen molar-refractivity contribution in [1.29, 1.82) is 0 Å². The number of hydrogen-bond donors (Lipinski definition) is 2. The third kappa shape index (κ3) is 7.26. The molecule has 0 unspecified atom stereocenters. The van der Waals surface area contributed by atoms with Gasteiger partial charge in [0.15, 0.2) is 5.13 Å². The summed E-state index contributed by atoms with van der Waals surface area (Å²) < 4.78 is 33.6. The lowest BCUT2D eigenvalue weighted by atomic mass is 9.92. The Balaban J connectivity index is 2.03. The van der Waals surface area contributed by atoms with Gasteiger partial charge in [0.1, 0.15) is 5.75 Å². The van der Waals surface area contributed by atoms with Gasteiger partial charge in [-0.2, -0.15) is 0 Å². The summed E-state index contributed by atoms with van der Waals surface area (Å²) in [5, 5.41) is 12.5. The number of sulfonamides is 1. The van der Waals surface area contributed by atoms with Crippen molar-refractivity contribution in [2.24, 2.45) is 0 Å². The van der Waals surface area contributed by atoms with Crippen LogP contribution in [-0.4, -0.2) is 56.3 Å². The van der Waals surface area contributed by atoms with Crippen molar-refractivity contribution in [2.45, 2.75) is 50.0 Å². The monoisotopic (exact) mass is 441 g/mol. The van der Waals surface area contributed by atoms with Crippen LogP contribution in [0.3, 0.4) is 0 Å². The van der Waals surface area contributed by atoms with Gasteiger partial charge in [0.25, 0.3) is 10.0 Å². The van der Waals surface area contributed by atoms with E-state index in [1.165, 1.54) is 23.5 Å². The predicted molar refractivity (Wildman–Crippen MR) is 117 cm³/mol. The maximum atomic E-state index is 12.7. The van der Waals surface area contributed by atoms with Crippen molar-refractivity contribution < 1.29 is 18.3 Å². The molecule has 162 valence electrons. The minimum absolute atomic E-state index is 0.123. The third-order valence-corrected chi connectivity index (χ3v) is 7.01. The molecular formula is C20H31N3O4S2. The molecule has 0 spiro atoms. The second-order valence-corrected chi connectivity index (χ2v) is 9.88. The fraction of sp³-hybridized carbons (Fsp3) is 0.550. The van der Waals surface area contributed by atoms with Gasteiger partial charge in [-0.05, 0) is 45.5 Å². The van der Waals surface area contributed by atoms with E-state index < -0.39 is 15.6 Å². The zero-order valence-electron chi connectivity index (χ0n) is 17.5. The Morgan fingerprint density at radius 1 is 1.28 bits per heavy atom. The molecule has 0 aliphatic carbocycles. The fourth-order valence-electron chi connectivity index (χ4n) is 2.75. The molecular weight excluding hydrogens is 410 g/mol. The van der Waals surface area contributed by atoms with Crippen LogP contribution in [0.15, 0.2) is 34.5 Å². The van der Waals surface area contributed by atoms with Gasteiger partial charge in [-0.25, -0.2) is 13.4 Å². The van der Waals surface area contributed by atoms with Crippen molar-refractivity contribution in [2.75, 3.05) is 32.0 Å². The molecule has 7 nitrogen and oxygen atoms in total. The average Bonchev–Trinajstić information content (AvgIpc) is 3.11. The molecule has 0 saturated heterocycles. The SMILES string of the molecule is CCC(O)(CC)Cc1csc(NS(=O)(=O)c2cccc(OCCCN(C)C)c2)n1. The van der Waals surface area contributed by atoms with Crippen molar-refractivity contribution in [3.8, 4) is 5.75 Å². The molecule has 0 amide bonds. The largest absolute Gasteiger partial charge is 0.494 e. The Bertz CT molecular complexity index is 877. The number of rotatable bonds is 12. The van der Waals surface area contributed by atoms with Crippen molar-refractivity contribution >= 4 is 26.5 Å². The summed E-state index contributed by atoms with van der Waals surface area (Å²) in [5.74, 6) is 0.516. The first kappa shape index (κ1) is 23.6. The summed E-state index contributed by atoms with van der Waals surface area (Å²) in [6, 6.07) is 6.44. The number of hydrogen-bond acceptors (Lipinski definition) is 7. The Hall–Kier alpha value is -1.68. The maximum absolute atomic E-state index is 12.7. The van der Waals surface area contributed by atoms with E-state index in [-0.39, 0.29) is 10.0 Å². The van der Waals surface area contributed by atoms with Crippen molar-refractivity contribution in [1.82, 2.24) is 9.88 Å². The second-order valence-electron chi connectivity index (χ2n) is 7.34. The van der Waals surface area contributed by atoms with Gasteiger partial charge in [0.05, 0.1) is 22.8 Å². The zero-order valence-corrected chi connectivity index (χ0v) is 19.1. The molecule has 0 bridgehead atoms. The predicted octanol–water partition coefficient (Wildman–Crippen LogP) is 3.37. The third-order valence-electron chi connectivity index (χ3n) is 4.73. The molecule has 0 atom stereocenters. The van der Waals surface area contributed by atoms with Crippen LogP contribution in [0.1, 0.15) is 38.8 Å². The second kappa shape index (κ2) is 10.4. The van der Waals surface area contributed by atoms with Gasteiger partial charge >= 0.3 is 0 Å². The smallest absolute Gasteiger partial charge is 0.263 e. The van der Waals surface area contributed by atoms with E-state index in [4.69, 9.17) is 4.74 Å². The van der Waals surface area contributed by atoms with E-state index in [0.29, 0.717) is 37.3 Å². The van der Waals surface area contributed by atoms with Crippen LogP contribution in [0, 0.1) is 0 Å². The molecule has 29 heavy (non-hydrogen) atoms. The number of benzene rings is 1. The molecule has 1 heterocycles. The summed E-state index contributed by atoms with van der Waals surface area (Å²) in [6.07, 6.45) is 2.48. The average molecular weight is 442 g/mol. The van der Waals surface area contributed by atoms with Crippen LogP contribution in [0.5, 0.6) is 5.75 Å². The van der Waals surface area contributed by atoms with Crippen LogP contribution in [-0.2, 0) is 16.4 Å². The van der Waals surface area contributed by atoms with Crippen molar-refractivity contribution in [3.05, 3.63) is 35.3 Å². The van der Waals surface area contributed by atoms with E-state index in [9.17, 15) is 13.5 Å². The molecule has 2 N–H and O–H groups in total. The highest BCUT2D eigenvalue weighted by molar-refractivity contribution is 7.93. The van der Waals surface area contributed by atoms with Gasteiger partial charge in [0, 0.05) is 24.4 Å². The molecule has 2 aromatic rings. The first-order chi connectivity index (χ1) is 13.7. The lowest BCUT2D eigenvalue weighted by molar-refractivity contribution is 0.0319. The molecule has 0 saturated carbocycles. The standard InChI is InChI=1S/C20H31N3O4S2/c1-5-20(24,6-2)14-16-15-28-19(21-16)22-29(25,26)18-10-7-9-17(13-18)27-12-8-11-23(3)4/h7,9-10,13,15,24H,5-6,8,11-12,14H2,1-4H3,(H,21,22). The number of ether oxygens (including phenoxy) is 1. The highest BCUT2D eigenvalue weighted by Crippen LogP contribution is 2.26. The highest BCUT2D eigenvalue weighted by atomic mass is 32.2. The minimum atomic E-state index is -3.77. The van der Waals surface area contributed by atoms with Crippen LogP contribution in [0.4, 0.5) is 5.13 Å². The van der Waals surface area contributed by atoms with Gasteiger partial charge in [0.2, 0.25) is 0 Å². The Kier molecular flexibility index (Phi) is 8.45. The first-order valence-electron chi connectivity index (χ1n) is 9.74. The number of anilines is 1. The molecule has 0 fully saturated rings. The van der Waals surface area contributed by atoms with Crippen LogP contribution in [0.25, 0.3) is 0 Å². The van der Waals surface area contributed by atoms with Crippen LogP contribution >= 0.6 is 11.3 Å². The van der Waals surface area contributed by atoms with Gasteiger partial charge in [-0.15, -0.1) is 11.3 Å². The van der Waals surface area contributed by atoms with E-state index in [0.717, 1.165) is 13.0 Å². The van der Waals surface area contributed by atoms with E-state index in [2.05, 4.69) is 14.6 Å². The first-order valence-corrected chi connectivity index (χ1v) is 12.1. The summed E-state index contributed by atoms with van der Waals surface area (Å²) in [4.78, 5) is 6.52. The number of aliphatic hydroxyl groups is 1. The molecule has 2 rings (SSSR count). The Morgan fingerprint density at radius 2 is 2.00 bits per heavy atom. The number of nitrogens with one attached hydrogen (secondary N) is 1. The molecule has 1 aromatic heterocycles. The lowest BCUT2D eigenvalue weighted by Crippen LogP contribution is -2.29. The van der Waals surface area contributed by atoms with Gasteiger partial charge in [-0.3, -0.25) is 4.72 Å². The topological polar surface area (TPSA) is 91.8 Å². The lowest BCUT2D eigenvalue weighted by Gasteiger charge is -2.23. The number of aromatic nitrogens is 1. The Labute approximate surface area is 177 Å². The molecule has 0 aliphatic heterocycles. The molecule has 0 radical (unpaired) electrons. The quantitative estimate of drug-likeness (QED) is 0.491.